The molecule has 8 heteroatoms. The van der Waals surface area contributed by atoms with Gasteiger partial charge in [-0.1, -0.05) is 50.2 Å². The van der Waals surface area contributed by atoms with Crippen LogP contribution in [0.25, 0.3) is 0 Å². The molecule has 2 bridgehead atoms. The van der Waals surface area contributed by atoms with Gasteiger partial charge >= 0.3 is 7.12 Å². The van der Waals surface area contributed by atoms with Gasteiger partial charge in [0.05, 0.1) is 17.4 Å². The first-order valence-electron chi connectivity index (χ1n) is 13.6. The normalized spacial score (nSPS) is 26.9. The Morgan fingerprint density at radius 3 is 2.56 bits per heavy atom. The van der Waals surface area contributed by atoms with Crippen molar-refractivity contribution < 1.29 is 18.8 Å². The number of hydrazone groups is 1. The van der Waals surface area contributed by atoms with Crippen LogP contribution in [0.1, 0.15) is 62.0 Å². The fraction of sp³-hybridized carbons (Fsp3) is 0.387. The van der Waals surface area contributed by atoms with Crippen LogP contribution in [-0.2, 0) is 15.9 Å². The Morgan fingerprint density at radius 2 is 1.82 bits per heavy atom. The molecular formula is C31H34BN3O4. The first-order chi connectivity index (χ1) is 18.8. The Balaban J connectivity index is 1.09. The summed E-state index contributed by atoms with van der Waals surface area (Å²) in [6.07, 6.45) is 5.64. The zero-order valence-corrected chi connectivity index (χ0v) is 22.9. The standard InChI is InChI=1S/C31H34BN3O4/c1-20(34-35-29(36)22-13-15-33-16-14-22)25-7-5-6-8-26(25)37-19-21-9-11-24(12-10-21)32-38-28-18-23-17-27(30(23,2)3)31(28,4)39-32/h5-16,23,27-28H,17-19H2,1-4H3,(H,35,36). The van der Waals surface area contributed by atoms with Crippen LogP contribution in [0.15, 0.2) is 78.2 Å². The number of carbonyl (C=O) groups is 1. The SMILES string of the molecule is CC(=NNC(=O)c1ccncc1)c1ccccc1OCc1ccc(B2OC3CC4CC(C4(C)C)C3(C)O2)cc1. The lowest BCUT2D eigenvalue weighted by Crippen LogP contribution is -2.65. The van der Waals surface area contributed by atoms with Crippen molar-refractivity contribution in [2.24, 2.45) is 22.4 Å². The molecule has 1 saturated heterocycles. The van der Waals surface area contributed by atoms with Crippen molar-refractivity contribution in [2.45, 2.75) is 58.8 Å². The molecule has 4 atom stereocenters. The molecule has 2 heterocycles. The lowest BCUT2D eigenvalue weighted by molar-refractivity contribution is -0.199. The van der Waals surface area contributed by atoms with Crippen LogP contribution in [0.5, 0.6) is 5.75 Å². The minimum absolute atomic E-state index is 0.165. The lowest BCUT2D eigenvalue weighted by Gasteiger charge is -2.64. The van der Waals surface area contributed by atoms with Crippen LogP contribution < -0.4 is 15.6 Å². The number of carbonyl (C=O) groups excluding carboxylic acids is 1. The minimum atomic E-state index is -0.327. The van der Waals surface area contributed by atoms with Crippen molar-refractivity contribution in [3.05, 3.63) is 89.7 Å². The molecule has 39 heavy (non-hydrogen) atoms. The van der Waals surface area contributed by atoms with Gasteiger partial charge in [0.2, 0.25) is 0 Å². The van der Waals surface area contributed by atoms with E-state index in [0.29, 0.717) is 35.0 Å². The summed E-state index contributed by atoms with van der Waals surface area (Å²) in [5.41, 5.74) is 6.75. The molecule has 1 amide bonds. The third-order valence-corrected chi connectivity index (χ3v) is 9.14. The van der Waals surface area contributed by atoms with Gasteiger partial charge in [-0.3, -0.25) is 9.78 Å². The van der Waals surface area contributed by atoms with E-state index in [1.165, 1.54) is 6.42 Å². The van der Waals surface area contributed by atoms with E-state index in [-0.39, 0.29) is 24.7 Å². The molecule has 1 aliphatic heterocycles. The maximum Gasteiger partial charge on any atom is 0.494 e. The fourth-order valence-corrected chi connectivity index (χ4v) is 6.59. The molecule has 0 spiro atoms. The second kappa shape index (κ2) is 9.92. The van der Waals surface area contributed by atoms with E-state index < -0.39 is 0 Å². The van der Waals surface area contributed by atoms with Crippen molar-refractivity contribution in [2.75, 3.05) is 0 Å². The van der Waals surface area contributed by atoms with Crippen molar-refractivity contribution in [1.29, 1.82) is 0 Å². The van der Waals surface area contributed by atoms with Gasteiger partial charge in [0.1, 0.15) is 12.4 Å². The highest BCUT2D eigenvalue weighted by Crippen LogP contribution is 2.65. The second-order valence-electron chi connectivity index (χ2n) is 11.7. The Bertz CT molecular complexity index is 1390. The number of benzene rings is 2. The summed E-state index contributed by atoms with van der Waals surface area (Å²) in [5.74, 6) is 1.68. The molecular weight excluding hydrogens is 489 g/mol. The number of pyridine rings is 1. The highest BCUT2D eigenvalue weighted by Gasteiger charge is 2.67. The summed E-state index contributed by atoms with van der Waals surface area (Å²) in [6, 6.07) is 19.2. The average Bonchev–Trinajstić information content (AvgIpc) is 3.32. The van der Waals surface area contributed by atoms with Crippen molar-refractivity contribution in [1.82, 2.24) is 10.4 Å². The Kier molecular flexibility index (Phi) is 6.56. The van der Waals surface area contributed by atoms with Crippen LogP contribution in [-0.4, -0.2) is 35.4 Å². The maximum atomic E-state index is 12.3. The average molecular weight is 523 g/mol. The molecule has 7 rings (SSSR count). The molecule has 4 fully saturated rings. The Morgan fingerprint density at radius 1 is 1.08 bits per heavy atom. The lowest BCUT2D eigenvalue weighted by atomic mass is 9.43. The molecule has 1 N–H and O–H groups in total. The van der Waals surface area contributed by atoms with Gasteiger partial charge in [-0.05, 0) is 79.2 Å². The van der Waals surface area contributed by atoms with Crippen LogP contribution in [0.2, 0.25) is 0 Å². The molecule has 0 radical (unpaired) electrons. The van der Waals surface area contributed by atoms with E-state index >= 15 is 0 Å². The van der Waals surface area contributed by atoms with E-state index in [2.05, 4.69) is 60.5 Å². The van der Waals surface area contributed by atoms with E-state index in [1.807, 2.05) is 31.2 Å². The van der Waals surface area contributed by atoms with E-state index in [0.717, 1.165) is 28.9 Å². The minimum Gasteiger partial charge on any atom is -0.488 e. The summed E-state index contributed by atoms with van der Waals surface area (Å²) < 4.78 is 19.2. The number of hydrogen-bond donors (Lipinski definition) is 1. The topological polar surface area (TPSA) is 82.0 Å². The molecule has 3 saturated carbocycles. The summed E-state index contributed by atoms with van der Waals surface area (Å²) in [7, 11) is -0.327. The van der Waals surface area contributed by atoms with Crippen molar-refractivity contribution in [3.8, 4) is 5.75 Å². The zero-order chi connectivity index (χ0) is 27.2. The van der Waals surface area contributed by atoms with Gasteiger partial charge in [-0.2, -0.15) is 5.10 Å². The molecule has 4 unspecified atom stereocenters. The quantitative estimate of drug-likeness (QED) is 0.275. The van der Waals surface area contributed by atoms with Crippen LogP contribution in [0.3, 0.4) is 0 Å². The van der Waals surface area contributed by atoms with Gasteiger partial charge < -0.3 is 14.0 Å². The number of para-hydroxylation sites is 1. The number of ether oxygens (including phenoxy) is 1. The first kappa shape index (κ1) is 25.8. The highest BCUT2D eigenvalue weighted by atomic mass is 16.7. The second-order valence-corrected chi connectivity index (χ2v) is 11.7. The zero-order valence-electron chi connectivity index (χ0n) is 22.9. The van der Waals surface area contributed by atoms with Gasteiger partial charge in [0, 0.05) is 23.5 Å². The predicted molar refractivity (Wildman–Crippen MR) is 151 cm³/mol. The van der Waals surface area contributed by atoms with Crippen LogP contribution in [0, 0.1) is 17.3 Å². The number of rotatable bonds is 7. The third-order valence-electron chi connectivity index (χ3n) is 9.14. The molecule has 3 aromatic rings. The molecule has 2 aromatic carbocycles. The van der Waals surface area contributed by atoms with Gasteiger partial charge in [-0.15, -0.1) is 0 Å². The molecule has 7 nitrogen and oxygen atoms in total. The van der Waals surface area contributed by atoms with E-state index in [9.17, 15) is 4.79 Å². The summed E-state index contributed by atoms with van der Waals surface area (Å²) in [4.78, 5) is 16.3. The molecule has 1 aromatic heterocycles. The van der Waals surface area contributed by atoms with Gasteiger partial charge in [0.15, 0.2) is 0 Å². The molecule has 4 aliphatic rings. The largest absolute Gasteiger partial charge is 0.494 e. The van der Waals surface area contributed by atoms with Crippen molar-refractivity contribution in [3.63, 3.8) is 0 Å². The fourth-order valence-electron chi connectivity index (χ4n) is 6.59. The Hall–Kier alpha value is -3.49. The van der Waals surface area contributed by atoms with Crippen LogP contribution >= 0.6 is 0 Å². The van der Waals surface area contributed by atoms with Crippen LogP contribution in [0.4, 0.5) is 0 Å². The number of nitrogens with zero attached hydrogens (tertiary/aromatic N) is 2. The van der Waals surface area contributed by atoms with Crippen molar-refractivity contribution >= 4 is 24.2 Å². The molecule has 200 valence electrons. The van der Waals surface area contributed by atoms with Gasteiger partial charge in [-0.25, -0.2) is 5.43 Å². The highest BCUT2D eigenvalue weighted by molar-refractivity contribution is 6.62. The first-order valence-corrected chi connectivity index (χ1v) is 13.6. The summed E-state index contributed by atoms with van der Waals surface area (Å²) in [6.45, 7) is 9.24. The number of hydrogen-bond acceptors (Lipinski definition) is 6. The predicted octanol–water partition coefficient (Wildman–Crippen LogP) is 4.75. The number of amides is 1. The smallest absolute Gasteiger partial charge is 0.488 e. The Labute approximate surface area is 230 Å². The van der Waals surface area contributed by atoms with Gasteiger partial charge in [0.25, 0.3) is 5.91 Å². The maximum absolute atomic E-state index is 12.3. The summed E-state index contributed by atoms with van der Waals surface area (Å²) >= 11 is 0. The van der Waals surface area contributed by atoms with E-state index in [1.54, 1.807) is 24.5 Å². The third kappa shape index (κ3) is 4.66. The monoisotopic (exact) mass is 523 g/mol. The van der Waals surface area contributed by atoms with E-state index in [4.69, 9.17) is 14.0 Å². The number of aromatic nitrogens is 1. The summed E-state index contributed by atoms with van der Waals surface area (Å²) in [5, 5.41) is 4.28. The molecule has 3 aliphatic carbocycles. The number of nitrogens with one attached hydrogen (secondary N) is 1.